The number of carbonyl (C=O) groups is 2. The van der Waals surface area contributed by atoms with Gasteiger partial charge in [-0.05, 0) is 34.4 Å². The van der Waals surface area contributed by atoms with Crippen LogP contribution >= 0.6 is 11.8 Å². The Morgan fingerprint density at radius 3 is 2.19 bits per heavy atom. The van der Waals surface area contributed by atoms with Crippen LogP contribution in [-0.4, -0.2) is 49.2 Å². The highest BCUT2D eigenvalue weighted by Gasteiger charge is 2.38. The third-order valence-corrected chi connectivity index (χ3v) is 9.52. The predicted molar refractivity (Wildman–Crippen MR) is 184 cm³/mol. The zero-order chi connectivity index (χ0) is 33.9. The highest BCUT2D eigenvalue weighted by atomic mass is 32.2. The van der Waals surface area contributed by atoms with Crippen LogP contribution in [-0.2, 0) is 38.6 Å². The van der Waals surface area contributed by atoms with Crippen molar-refractivity contribution in [3.63, 3.8) is 0 Å². The highest BCUT2D eigenvalue weighted by molar-refractivity contribution is 7.99. The fourth-order valence-corrected chi connectivity index (χ4v) is 6.78. The first-order chi connectivity index (χ1) is 23.4. The maximum absolute atomic E-state index is 12.7. The lowest BCUT2D eigenvalue weighted by molar-refractivity contribution is -0.268. The van der Waals surface area contributed by atoms with E-state index < -0.39 is 24.3 Å². The lowest BCUT2D eigenvalue weighted by atomic mass is 9.91. The van der Waals surface area contributed by atoms with Gasteiger partial charge in [0.15, 0.2) is 6.29 Å². The van der Waals surface area contributed by atoms with Crippen LogP contribution in [0.4, 0.5) is 4.79 Å². The standard InChI is InChI=1S/C38H42N2O7S/c1-25-33(24-48-34-12-8-7-11-32(34)44-2)46-37(47-35(25)29-17-15-28(23-41)16-18-29)30-19-13-27(14-20-30)22-39-38(43)40-31(36(42)45-3)21-26-9-5-4-6-10-26/h4-20,25,31,33,35,37,41H,21-24H2,1-3H3,(H2,39,40,43)/t25-,31-,33+,35+,37+/m0/s1. The number of para-hydroxylation sites is 1. The smallest absolute Gasteiger partial charge is 0.328 e. The summed E-state index contributed by atoms with van der Waals surface area (Å²) >= 11 is 1.69. The summed E-state index contributed by atoms with van der Waals surface area (Å²) in [4.78, 5) is 26.1. The maximum atomic E-state index is 12.7. The molecule has 1 saturated heterocycles. The summed E-state index contributed by atoms with van der Waals surface area (Å²) in [5, 5.41) is 15.1. The Morgan fingerprint density at radius 1 is 0.833 bits per heavy atom. The molecule has 5 atom stereocenters. The summed E-state index contributed by atoms with van der Waals surface area (Å²) in [5.41, 5.74) is 4.50. The van der Waals surface area contributed by atoms with Crippen molar-refractivity contribution in [2.75, 3.05) is 20.0 Å². The van der Waals surface area contributed by atoms with Gasteiger partial charge in [-0.15, -0.1) is 11.8 Å². The van der Waals surface area contributed by atoms with E-state index in [1.807, 2.05) is 103 Å². The van der Waals surface area contributed by atoms with Crippen LogP contribution in [0.5, 0.6) is 5.75 Å². The second-order valence-electron chi connectivity index (χ2n) is 11.6. The van der Waals surface area contributed by atoms with E-state index in [-0.39, 0.29) is 31.3 Å². The maximum Gasteiger partial charge on any atom is 0.328 e. The van der Waals surface area contributed by atoms with Crippen LogP contribution in [0, 0.1) is 5.92 Å². The van der Waals surface area contributed by atoms with E-state index >= 15 is 0 Å². The van der Waals surface area contributed by atoms with Crippen molar-refractivity contribution in [1.82, 2.24) is 10.6 Å². The quantitative estimate of drug-likeness (QED) is 0.111. The molecular formula is C38H42N2O7S. The number of aliphatic hydroxyl groups is 1. The van der Waals surface area contributed by atoms with Gasteiger partial charge in [0, 0.05) is 35.1 Å². The summed E-state index contributed by atoms with van der Waals surface area (Å²) in [6.07, 6.45) is -0.662. The van der Waals surface area contributed by atoms with Crippen LogP contribution in [0.3, 0.4) is 0 Å². The lowest BCUT2D eigenvalue weighted by Gasteiger charge is -2.41. The molecule has 0 aromatic heterocycles. The molecule has 0 aliphatic carbocycles. The Balaban J connectivity index is 1.25. The van der Waals surface area contributed by atoms with Gasteiger partial charge in [-0.25, -0.2) is 9.59 Å². The number of benzene rings is 4. The summed E-state index contributed by atoms with van der Waals surface area (Å²) in [5.74, 6) is 1.05. The highest BCUT2D eigenvalue weighted by Crippen LogP contribution is 2.43. The SMILES string of the molecule is COC(=O)[C@H](Cc1ccccc1)NC(=O)NCc1ccc([C@@H]2O[C@H](CSc3ccccc3OC)[C@H](C)[C@H](c3ccc(CO)cc3)O2)cc1. The number of aliphatic hydroxyl groups excluding tert-OH is 1. The lowest BCUT2D eigenvalue weighted by Crippen LogP contribution is -2.47. The Bertz CT molecular complexity index is 1620. The molecule has 3 N–H and O–H groups in total. The van der Waals surface area contributed by atoms with Gasteiger partial charge in [0.05, 0.1) is 33.0 Å². The molecule has 1 fully saturated rings. The minimum absolute atomic E-state index is 0.0202. The molecule has 48 heavy (non-hydrogen) atoms. The van der Waals surface area contributed by atoms with Crippen LogP contribution < -0.4 is 15.4 Å². The van der Waals surface area contributed by atoms with Crippen molar-refractivity contribution < 1.29 is 33.6 Å². The van der Waals surface area contributed by atoms with Gasteiger partial charge >= 0.3 is 12.0 Å². The number of rotatable bonds is 13. The van der Waals surface area contributed by atoms with E-state index in [2.05, 4.69) is 17.6 Å². The molecule has 4 aromatic carbocycles. The number of carbonyl (C=O) groups excluding carboxylic acids is 2. The minimum atomic E-state index is -0.815. The Kier molecular flexibility index (Phi) is 12.5. The molecule has 1 aliphatic heterocycles. The normalized spacial score (nSPS) is 19.6. The number of hydrogen-bond donors (Lipinski definition) is 3. The topological polar surface area (TPSA) is 115 Å². The first kappa shape index (κ1) is 35.0. The molecule has 4 aromatic rings. The number of nitrogens with one attached hydrogen (secondary N) is 2. The minimum Gasteiger partial charge on any atom is -0.496 e. The van der Waals surface area contributed by atoms with Crippen LogP contribution in [0.25, 0.3) is 0 Å². The second kappa shape index (κ2) is 17.2. The van der Waals surface area contributed by atoms with E-state index in [1.165, 1.54) is 7.11 Å². The first-order valence-corrected chi connectivity index (χ1v) is 16.9. The van der Waals surface area contributed by atoms with E-state index in [0.717, 1.165) is 38.5 Å². The first-order valence-electron chi connectivity index (χ1n) is 15.9. The zero-order valence-corrected chi connectivity index (χ0v) is 28.2. The van der Waals surface area contributed by atoms with E-state index in [9.17, 15) is 14.7 Å². The van der Waals surface area contributed by atoms with Crippen molar-refractivity contribution in [1.29, 1.82) is 0 Å². The summed E-state index contributed by atoms with van der Waals surface area (Å²) in [7, 11) is 2.98. The molecule has 0 bridgehead atoms. The molecule has 0 radical (unpaired) electrons. The molecule has 0 unspecified atom stereocenters. The number of hydrogen-bond acceptors (Lipinski definition) is 8. The Hall–Kier alpha value is -4.35. The zero-order valence-electron chi connectivity index (χ0n) is 27.3. The number of thioether (sulfide) groups is 1. The molecule has 2 amide bonds. The summed E-state index contributed by atoms with van der Waals surface area (Å²) in [6, 6.07) is 31.7. The summed E-state index contributed by atoms with van der Waals surface area (Å²) < 4.78 is 23.7. The van der Waals surface area contributed by atoms with Gasteiger partial charge in [0.2, 0.25) is 0 Å². The van der Waals surface area contributed by atoms with Crippen molar-refractivity contribution in [2.24, 2.45) is 5.92 Å². The van der Waals surface area contributed by atoms with Gasteiger partial charge in [0.1, 0.15) is 11.8 Å². The van der Waals surface area contributed by atoms with Crippen molar-refractivity contribution >= 4 is 23.8 Å². The fraction of sp³-hybridized carbons (Fsp3) is 0.316. The molecule has 10 heteroatoms. The van der Waals surface area contributed by atoms with E-state index in [4.69, 9.17) is 18.9 Å². The van der Waals surface area contributed by atoms with Gasteiger partial charge in [0.25, 0.3) is 0 Å². The molecule has 252 valence electrons. The third kappa shape index (κ3) is 9.17. The average Bonchev–Trinajstić information content (AvgIpc) is 3.13. The van der Waals surface area contributed by atoms with Crippen molar-refractivity contribution in [3.05, 3.63) is 131 Å². The number of methoxy groups -OCH3 is 2. The van der Waals surface area contributed by atoms with E-state index in [1.54, 1.807) is 18.9 Å². The van der Waals surface area contributed by atoms with Gasteiger partial charge in [-0.3, -0.25) is 0 Å². The summed E-state index contributed by atoms with van der Waals surface area (Å²) in [6.45, 7) is 2.37. The Labute approximate surface area is 286 Å². The number of amides is 2. The third-order valence-electron chi connectivity index (χ3n) is 8.37. The molecule has 0 spiro atoms. The monoisotopic (exact) mass is 670 g/mol. The molecule has 5 rings (SSSR count). The molecule has 0 saturated carbocycles. The number of ether oxygens (including phenoxy) is 4. The van der Waals surface area contributed by atoms with Crippen LogP contribution in [0.2, 0.25) is 0 Å². The second-order valence-corrected chi connectivity index (χ2v) is 12.7. The molecule has 1 aliphatic rings. The van der Waals surface area contributed by atoms with Crippen molar-refractivity contribution in [2.45, 2.75) is 55.9 Å². The fourth-order valence-electron chi connectivity index (χ4n) is 5.59. The average molecular weight is 671 g/mol. The molecule has 9 nitrogen and oxygen atoms in total. The predicted octanol–water partition coefficient (Wildman–Crippen LogP) is 6.35. The molecular weight excluding hydrogens is 628 g/mol. The van der Waals surface area contributed by atoms with Gasteiger partial charge in [-0.2, -0.15) is 0 Å². The Morgan fingerprint density at radius 2 is 1.50 bits per heavy atom. The largest absolute Gasteiger partial charge is 0.496 e. The van der Waals surface area contributed by atoms with Gasteiger partial charge in [-0.1, -0.05) is 97.9 Å². The number of esters is 1. The van der Waals surface area contributed by atoms with Crippen LogP contribution in [0.15, 0.2) is 108 Å². The van der Waals surface area contributed by atoms with Gasteiger partial charge < -0.3 is 34.7 Å². The van der Waals surface area contributed by atoms with Crippen molar-refractivity contribution in [3.8, 4) is 5.75 Å². The van der Waals surface area contributed by atoms with E-state index in [0.29, 0.717) is 12.2 Å². The number of urea groups is 1. The van der Waals surface area contributed by atoms with Crippen LogP contribution in [0.1, 0.15) is 47.1 Å². The molecule has 1 heterocycles.